The SMILES string of the molecule is CCn1nc(C)c(Br)c1CC1CCCC1CNCC(C)C. The molecule has 1 aliphatic rings. The minimum absolute atomic E-state index is 0.739. The Morgan fingerprint density at radius 3 is 2.71 bits per heavy atom. The van der Waals surface area contributed by atoms with E-state index < -0.39 is 0 Å². The maximum atomic E-state index is 4.64. The van der Waals surface area contributed by atoms with Crippen molar-refractivity contribution in [3.63, 3.8) is 0 Å². The van der Waals surface area contributed by atoms with E-state index in [-0.39, 0.29) is 0 Å². The van der Waals surface area contributed by atoms with Crippen molar-refractivity contribution in [1.29, 1.82) is 0 Å². The molecule has 2 rings (SSSR count). The highest BCUT2D eigenvalue weighted by Crippen LogP contribution is 2.36. The van der Waals surface area contributed by atoms with E-state index in [9.17, 15) is 0 Å². The molecule has 1 aromatic rings. The molecule has 0 radical (unpaired) electrons. The largest absolute Gasteiger partial charge is 0.316 e. The van der Waals surface area contributed by atoms with E-state index in [0.717, 1.165) is 36.5 Å². The third kappa shape index (κ3) is 4.32. The van der Waals surface area contributed by atoms with Crippen LogP contribution in [0.1, 0.15) is 51.4 Å². The number of nitrogens with one attached hydrogen (secondary N) is 1. The van der Waals surface area contributed by atoms with Gasteiger partial charge in [-0.15, -0.1) is 0 Å². The van der Waals surface area contributed by atoms with Gasteiger partial charge in [-0.05, 0) is 79.9 Å². The van der Waals surface area contributed by atoms with Crippen molar-refractivity contribution >= 4 is 15.9 Å². The number of hydrogen-bond acceptors (Lipinski definition) is 2. The van der Waals surface area contributed by atoms with Gasteiger partial charge in [0.2, 0.25) is 0 Å². The van der Waals surface area contributed by atoms with E-state index in [4.69, 9.17) is 0 Å². The lowest BCUT2D eigenvalue weighted by Gasteiger charge is -2.21. The van der Waals surface area contributed by atoms with Crippen LogP contribution in [0.5, 0.6) is 0 Å². The fraction of sp³-hybridized carbons (Fsp3) is 0.824. The lowest BCUT2D eigenvalue weighted by Crippen LogP contribution is -2.29. The van der Waals surface area contributed by atoms with Gasteiger partial charge < -0.3 is 5.32 Å². The average Bonchev–Trinajstić information content (AvgIpc) is 2.98. The van der Waals surface area contributed by atoms with E-state index >= 15 is 0 Å². The topological polar surface area (TPSA) is 29.9 Å². The lowest BCUT2D eigenvalue weighted by atomic mass is 9.91. The maximum absolute atomic E-state index is 4.64. The zero-order chi connectivity index (χ0) is 15.4. The molecule has 2 atom stereocenters. The molecule has 0 aliphatic heterocycles. The first kappa shape index (κ1) is 17.0. The highest BCUT2D eigenvalue weighted by molar-refractivity contribution is 9.10. The monoisotopic (exact) mass is 355 g/mol. The number of halogens is 1. The first-order valence-electron chi connectivity index (χ1n) is 8.45. The summed E-state index contributed by atoms with van der Waals surface area (Å²) in [7, 11) is 0. The van der Waals surface area contributed by atoms with Gasteiger partial charge in [0.15, 0.2) is 0 Å². The molecule has 1 aliphatic carbocycles. The number of aryl methyl sites for hydroxylation is 2. The summed E-state index contributed by atoms with van der Waals surface area (Å²) in [5.41, 5.74) is 2.52. The minimum atomic E-state index is 0.739. The smallest absolute Gasteiger partial charge is 0.0738 e. The molecular formula is C17H30BrN3. The number of aromatic nitrogens is 2. The van der Waals surface area contributed by atoms with Crippen molar-refractivity contribution in [2.45, 2.75) is 59.9 Å². The summed E-state index contributed by atoms with van der Waals surface area (Å²) in [4.78, 5) is 0. The average molecular weight is 356 g/mol. The first-order valence-corrected chi connectivity index (χ1v) is 9.24. The summed E-state index contributed by atoms with van der Waals surface area (Å²) < 4.78 is 3.40. The highest BCUT2D eigenvalue weighted by atomic mass is 79.9. The van der Waals surface area contributed by atoms with Gasteiger partial charge in [-0.2, -0.15) is 5.10 Å². The van der Waals surface area contributed by atoms with Crippen LogP contribution in [0.4, 0.5) is 0 Å². The molecule has 1 N–H and O–H groups in total. The Labute approximate surface area is 138 Å². The van der Waals surface area contributed by atoms with Crippen LogP contribution in [0.3, 0.4) is 0 Å². The quantitative estimate of drug-likeness (QED) is 0.794. The second-order valence-electron chi connectivity index (χ2n) is 6.87. The van der Waals surface area contributed by atoms with Gasteiger partial charge in [0.05, 0.1) is 15.9 Å². The Morgan fingerprint density at radius 1 is 1.33 bits per heavy atom. The van der Waals surface area contributed by atoms with Crippen LogP contribution >= 0.6 is 15.9 Å². The van der Waals surface area contributed by atoms with Crippen LogP contribution in [0.15, 0.2) is 4.47 Å². The Morgan fingerprint density at radius 2 is 2.05 bits per heavy atom. The van der Waals surface area contributed by atoms with Crippen LogP contribution in [0, 0.1) is 24.7 Å². The molecule has 3 nitrogen and oxygen atoms in total. The molecule has 0 aromatic carbocycles. The van der Waals surface area contributed by atoms with Crippen LogP contribution in [-0.2, 0) is 13.0 Å². The maximum Gasteiger partial charge on any atom is 0.0738 e. The Hall–Kier alpha value is -0.350. The van der Waals surface area contributed by atoms with E-state index in [1.807, 2.05) is 0 Å². The second-order valence-corrected chi connectivity index (χ2v) is 7.66. The van der Waals surface area contributed by atoms with Crippen LogP contribution in [-0.4, -0.2) is 22.9 Å². The van der Waals surface area contributed by atoms with E-state index in [2.05, 4.69) is 58.7 Å². The second kappa shape index (κ2) is 7.77. The van der Waals surface area contributed by atoms with Crippen molar-refractivity contribution in [2.75, 3.05) is 13.1 Å². The Balaban J connectivity index is 1.98. The lowest BCUT2D eigenvalue weighted by molar-refractivity contribution is 0.350. The van der Waals surface area contributed by atoms with Crippen molar-refractivity contribution in [1.82, 2.24) is 15.1 Å². The molecule has 2 unspecified atom stereocenters. The Bertz CT molecular complexity index is 453. The molecule has 120 valence electrons. The Kier molecular flexibility index (Phi) is 6.30. The van der Waals surface area contributed by atoms with Gasteiger partial charge in [0.1, 0.15) is 0 Å². The molecule has 0 bridgehead atoms. The number of nitrogens with zero attached hydrogens (tertiary/aromatic N) is 2. The van der Waals surface area contributed by atoms with Gasteiger partial charge >= 0.3 is 0 Å². The molecule has 4 heteroatoms. The van der Waals surface area contributed by atoms with Crippen LogP contribution < -0.4 is 5.32 Å². The van der Waals surface area contributed by atoms with E-state index in [1.54, 1.807) is 0 Å². The molecule has 21 heavy (non-hydrogen) atoms. The summed E-state index contributed by atoms with van der Waals surface area (Å²) >= 11 is 3.74. The van der Waals surface area contributed by atoms with Gasteiger partial charge in [-0.25, -0.2) is 0 Å². The number of hydrogen-bond donors (Lipinski definition) is 1. The van der Waals surface area contributed by atoms with Gasteiger partial charge in [0, 0.05) is 6.54 Å². The summed E-state index contributed by atoms with van der Waals surface area (Å²) in [6, 6.07) is 0. The third-order valence-corrected chi connectivity index (χ3v) is 5.72. The molecule has 1 saturated carbocycles. The van der Waals surface area contributed by atoms with Gasteiger partial charge in [-0.1, -0.05) is 20.3 Å². The summed E-state index contributed by atoms with van der Waals surface area (Å²) in [6.45, 7) is 12.1. The standard InChI is InChI=1S/C17H30BrN3/c1-5-21-16(17(18)13(4)20-21)9-14-7-6-8-15(14)11-19-10-12(2)3/h12,14-15,19H,5-11H2,1-4H3. The highest BCUT2D eigenvalue weighted by Gasteiger charge is 2.29. The van der Waals surface area contributed by atoms with Crippen molar-refractivity contribution in [3.8, 4) is 0 Å². The zero-order valence-corrected chi connectivity index (χ0v) is 15.5. The predicted molar refractivity (Wildman–Crippen MR) is 92.6 cm³/mol. The van der Waals surface area contributed by atoms with Crippen molar-refractivity contribution < 1.29 is 0 Å². The predicted octanol–water partition coefficient (Wildman–Crippen LogP) is 4.18. The summed E-state index contributed by atoms with van der Waals surface area (Å²) in [5, 5.41) is 8.29. The molecule has 0 saturated heterocycles. The molecule has 1 fully saturated rings. The third-order valence-electron chi connectivity index (χ3n) is 4.68. The van der Waals surface area contributed by atoms with E-state index in [1.165, 1.54) is 42.4 Å². The molecule has 0 spiro atoms. The molecule has 0 amide bonds. The van der Waals surface area contributed by atoms with Gasteiger partial charge in [-0.3, -0.25) is 4.68 Å². The van der Waals surface area contributed by atoms with Gasteiger partial charge in [0.25, 0.3) is 0 Å². The number of rotatable bonds is 7. The van der Waals surface area contributed by atoms with Crippen LogP contribution in [0.25, 0.3) is 0 Å². The van der Waals surface area contributed by atoms with Crippen molar-refractivity contribution in [3.05, 3.63) is 15.9 Å². The molecule has 1 aromatic heterocycles. The van der Waals surface area contributed by atoms with Crippen LogP contribution in [0.2, 0.25) is 0 Å². The summed E-state index contributed by atoms with van der Waals surface area (Å²) in [6.07, 6.45) is 5.31. The summed E-state index contributed by atoms with van der Waals surface area (Å²) in [5.74, 6) is 2.38. The fourth-order valence-corrected chi connectivity index (χ4v) is 3.97. The molecule has 1 heterocycles. The van der Waals surface area contributed by atoms with E-state index in [0.29, 0.717) is 0 Å². The normalized spacial score (nSPS) is 22.4. The zero-order valence-electron chi connectivity index (χ0n) is 14.0. The van der Waals surface area contributed by atoms with Crippen molar-refractivity contribution in [2.24, 2.45) is 17.8 Å². The first-order chi connectivity index (χ1) is 10.0. The fourth-order valence-electron chi connectivity index (χ4n) is 3.52. The minimum Gasteiger partial charge on any atom is -0.316 e. The molecular weight excluding hydrogens is 326 g/mol.